The molecule has 0 N–H and O–H groups in total. The van der Waals surface area contributed by atoms with Gasteiger partial charge in [0.15, 0.2) is 16.7 Å². The van der Waals surface area contributed by atoms with Gasteiger partial charge in [0.05, 0.1) is 24.5 Å². The van der Waals surface area contributed by atoms with Crippen molar-refractivity contribution in [2.24, 2.45) is 5.92 Å². The second kappa shape index (κ2) is 8.69. The van der Waals surface area contributed by atoms with E-state index in [2.05, 4.69) is 15.9 Å². The van der Waals surface area contributed by atoms with E-state index in [1.807, 2.05) is 17.0 Å². The third kappa shape index (κ3) is 4.24. The van der Waals surface area contributed by atoms with Gasteiger partial charge in [0.25, 0.3) is 11.8 Å². The Labute approximate surface area is 177 Å². The molecule has 0 radical (unpaired) electrons. The molecule has 0 aliphatic carbocycles. The number of para-hydroxylation sites is 1. The second-order valence-corrected chi connectivity index (χ2v) is 8.03. The molecule has 2 aliphatic heterocycles. The zero-order valence-corrected chi connectivity index (χ0v) is 17.8. The predicted octanol–water partition coefficient (Wildman–Crippen LogP) is 3.54. The van der Waals surface area contributed by atoms with Crippen molar-refractivity contribution in [3.63, 3.8) is 0 Å². The number of rotatable bonds is 4. The average molecular weight is 463 g/mol. The molecule has 2 saturated heterocycles. The monoisotopic (exact) mass is 462 g/mol. The fraction of sp³-hybridized carbons (Fsp3) is 0.429. The largest absolute Gasteiger partial charge is 0.444 e. The summed E-state index contributed by atoms with van der Waals surface area (Å²) in [5.41, 5.74) is 1.04. The van der Waals surface area contributed by atoms with E-state index in [-0.39, 0.29) is 29.8 Å². The predicted molar refractivity (Wildman–Crippen MR) is 110 cm³/mol. The minimum atomic E-state index is -0.319. The van der Waals surface area contributed by atoms with E-state index in [1.54, 1.807) is 31.3 Å². The Morgan fingerprint density at radius 3 is 2.62 bits per heavy atom. The summed E-state index contributed by atoms with van der Waals surface area (Å²) in [7, 11) is 1.64. The Bertz CT molecular complexity index is 893. The lowest BCUT2D eigenvalue weighted by Crippen LogP contribution is -2.44. The first kappa shape index (κ1) is 20.1. The van der Waals surface area contributed by atoms with Crippen molar-refractivity contribution in [1.29, 1.82) is 0 Å². The molecule has 29 heavy (non-hydrogen) atoms. The number of carbonyl (C=O) groups is 2. The molecule has 8 heteroatoms. The van der Waals surface area contributed by atoms with E-state index in [9.17, 15) is 9.59 Å². The molecule has 2 fully saturated rings. The van der Waals surface area contributed by atoms with E-state index in [4.69, 9.17) is 13.9 Å². The summed E-state index contributed by atoms with van der Waals surface area (Å²) in [4.78, 5) is 29.4. The van der Waals surface area contributed by atoms with Crippen LogP contribution in [0.1, 0.15) is 33.8 Å². The van der Waals surface area contributed by atoms with Crippen LogP contribution in [-0.2, 0) is 9.47 Å². The summed E-state index contributed by atoms with van der Waals surface area (Å²) in [6, 6.07) is 10.4. The van der Waals surface area contributed by atoms with Gasteiger partial charge in [-0.1, -0.05) is 12.1 Å². The lowest BCUT2D eigenvalue weighted by Gasteiger charge is -2.35. The van der Waals surface area contributed by atoms with Gasteiger partial charge in [-0.25, -0.2) is 0 Å². The number of benzene rings is 1. The van der Waals surface area contributed by atoms with Crippen LogP contribution in [0.25, 0.3) is 0 Å². The zero-order chi connectivity index (χ0) is 20.4. The SMILES string of the molecule is CN(C(=O)c1ccc(Br)o1)c1ccccc1C(=O)N1CCCC(C2OCCO2)C1. The number of halogens is 1. The Kier molecular flexibility index (Phi) is 6.03. The maximum Gasteiger partial charge on any atom is 0.293 e. The number of nitrogens with zero attached hydrogens (tertiary/aromatic N) is 2. The Hall–Kier alpha value is -2.16. The quantitative estimate of drug-likeness (QED) is 0.694. The van der Waals surface area contributed by atoms with Crippen LogP contribution in [0.5, 0.6) is 0 Å². The molecule has 4 rings (SSSR count). The van der Waals surface area contributed by atoms with Gasteiger partial charge >= 0.3 is 0 Å². The highest BCUT2D eigenvalue weighted by atomic mass is 79.9. The summed E-state index contributed by atoms with van der Waals surface area (Å²) in [5.74, 6) is -0.0406. The lowest BCUT2D eigenvalue weighted by molar-refractivity contribution is -0.0969. The van der Waals surface area contributed by atoms with Crippen molar-refractivity contribution in [3.05, 3.63) is 52.4 Å². The van der Waals surface area contributed by atoms with Gasteiger partial charge in [0.2, 0.25) is 0 Å². The molecule has 154 valence electrons. The third-order valence-electron chi connectivity index (χ3n) is 5.36. The summed E-state index contributed by atoms with van der Waals surface area (Å²) in [5, 5.41) is 0. The lowest BCUT2D eigenvalue weighted by atomic mass is 9.96. The molecule has 2 amide bonds. The van der Waals surface area contributed by atoms with Crippen LogP contribution >= 0.6 is 15.9 Å². The minimum Gasteiger partial charge on any atom is -0.444 e. The molecule has 0 bridgehead atoms. The normalized spacial score (nSPS) is 20.1. The van der Waals surface area contributed by atoms with Crippen LogP contribution in [-0.4, -0.2) is 56.4 Å². The van der Waals surface area contributed by atoms with Crippen molar-refractivity contribution in [2.75, 3.05) is 38.3 Å². The van der Waals surface area contributed by atoms with E-state index < -0.39 is 0 Å². The molecule has 1 aromatic carbocycles. The van der Waals surface area contributed by atoms with Crippen molar-refractivity contribution >= 4 is 33.4 Å². The smallest absolute Gasteiger partial charge is 0.293 e. The number of carbonyl (C=O) groups excluding carboxylic acids is 2. The summed E-state index contributed by atoms with van der Waals surface area (Å²) in [6.45, 7) is 2.47. The van der Waals surface area contributed by atoms with Gasteiger partial charge in [-0.2, -0.15) is 0 Å². The number of anilines is 1. The average Bonchev–Trinajstić information content (AvgIpc) is 3.44. The van der Waals surface area contributed by atoms with Gasteiger partial charge in [-0.15, -0.1) is 0 Å². The first-order valence-corrected chi connectivity index (χ1v) is 10.5. The molecular weight excluding hydrogens is 440 g/mol. The second-order valence-electron chi connectivity index (χ2n) is 7.25. The molecule has 1 unspecified atom stereocenters. The van der Waals surface area contributed by atoms with Crippen molar-refractivity contribution in [1.82, 2.24) is 4.90 Å². The van der Waals surface area contributed by atoms with E-state index in [1.165, 1.54) is 4.90 Å². The fourth-order valence-electron chi connectivity index (χ4n) is 3.89. The van der Waals surface area contributed by atoms with Crippen LogP contribution < -0.4 is 4.90 Å². The number of ether oxygens (including phenoxy) is 2. The molecule has 1 aromatic heterocycles. The van der Waals surface area contributed by atoms with Crippen LogP contribution in [0.15, 0.2) is 45.5 Å². The highest BCUT2D eigenvalue weighted by molar-refractivity contribution is 9.10. The van der Waals surface area contributed by atoms with Crippen molar-refractivity contribution in [3.8, 4) is 0 Å². The summed E-state index contributed by atoms with van der Waals surface area (Å²) < 4.78 is 17.1. The Balaban J connectivity index is 1.54. The molecule has 1 atom stereocenters. The Morgan fingerprint density at radius 1 is 1.14 bits per heavy atom. The van der Waals surface area contributed by atoms with Gasteiger partial charge in [0, 0.05) is 26.1 Å². The maximum absolute atomic E-state index is 13.3. The zero-order valence-electron chi connectivity index (χ0n) is 16.2. The molecule has 7 nitrogen and oxygen atoms in total. The number of hydrogen-bond acceptors (Lipinski definition) is 5. The number of likely N-dealkylation sites (tertiary alicyclic amines) is 1. The summed E-state index contributed by atoms with van der Waals surface area (Å²) >= 11 is 3.21. The maximum atomic E-state index is 13.3. The fourth-order valence-corrected chi connectivity index (χ4v) is 4.19. The topological polar surface area (TPSA) is 72.2 Å². The van der Waals surface area contributed by atoms with Gasteiger partial charge in [0.1, 0.15) is 0 Å². The van der Waals surface area contributed by atoms with E-state index in [0.29, 0.717) is 42.2 Å². The first-order valence-electron chi connectivity index (χ1n) is 9.69. The highest BCUT2D eigenvalue weighted by Crippen LogP contribution is 2.29. The molecule has 2 aliphatic rings. The highest BCUT2D eigenvalue weighted by Gasteiger charge is 2.34. The molecule has 0 saturated carbocycles. The van der Waals surface area contributed by atoms with E-state index >= 15 is 0 Å². The molecule has 2 aromatic rings. The van der Waals surface area contributed by atoms with E-state index in [0.717, 1.165) is 12.8 Å². The number of amides is 2. The first-order chi connectivity index (χ1) is 14.0. The number of piperidine rings is 1. The van der Waals surface area contributed by atoms with Crippen LogP contribution in [0.2, 0.25) is 0 Å². The van der Waals surface area contributed by atoms with Crippen LogP contribution in [0, 0.1) is 5.92 Å². The summed E-state index contributed by atoms with van der Waals surface area (Å²) in [6.07, 6.45) is 1.64. The number of hydrogen-bond donors (Lipinski definition) is 0. The number of furan rings is 1. The van der Waals surface area contributed by atoms with Crippen LogP contribution in [0.4, 0.5) is 5.69 Å². The molecule has 3 heterocycles. The van der Waals surface area contributed by atoms with Gasteiger partial charge < -0.3 is 23.7 Å². The third-order valence-corrected chi connectivity index (χ3v) is 5.79. The van der Waals surface area contributed by atoms with Crippen molar-refractivity contribution in [2.45, 2.75) is 19.1 Å². The van der Waals surface area contributed by atoms with Crippen LogP contribution in [0.3, 0.4) is 0 Å². The minimum absolute atomic E-state index is 0.0939. The molecule has 0 spiro atoms. The van der Waals surface area contributed by atoms with Gasteiger partial charge in [-0.05, 0) is 53.0 Å². The standard InChI is InChI=1S/C21H23BrN2O5/c1-23(20(26)17-8-9-18(22)29-17)16-7-3-2-6-15(16)19(25)24-10-4-5-14(13-24)21-27-11-12-28-21/h2-3,6-9,14,21H,4-5,10-13H2,1H3. The van der Waals surface area contributed by atoms with Crippen molar-refractivity contribution < 1.29 is 23.5 Å². The van der Waals surface area contributed by atoms with Gasteiger partial charge in [-0.3, -0.25) is 9.59 Å². The molecular formula is C21H23BrN2O5. The Morgan fingerprint density at radius 2 is 1.90 bits per heavy atom.